The zero-order valence-corrected chi connectivity index (χ0v) is 12.2. The van der Waals surface area contributed by atoms with Gasteiger partial charge >= 0.3 is 0 Å². The van der Waals surface area contributed by atoms with Crippen molar-refractivity contribution in [1.29, 1.82) is 0 Å². The number of nitrogens with zero attached hydrogens (tertiary/aromatic N) is 5. The minimum atomic E-state index is 0.369. The Balaban J connectivity index is 1.74. The maximum absolute atomic E-state index is 5.31. The number of rotatable bonds is 3. The topological polar surface area (TPSA) is 86.8 Å². The lowest BCUT2D eigenvalue weighted by Gasteiger charge is -1.98. The fourth-order valence-corrected chi connectivity index (χ4v) is 2.78. The van der Waals surface area contributed by atoms with Crippen molar-refractivity contribution in [2.45, 2.75) is 0 Å². The molecule has 22 heavy (non-hydrogen) atoms. The monoisotopic (exact) mass is 311 g/mol. The first-order valence-corrected chi connectivity index (χ1v) is 7.21. The SMILES string of the molecule is COc1cc(-c2noc(-c3nc4cccnc4s3)n2)ccn1. The van der Waals surface area contributed by atoms with Crippen molar-refractivity contribution < 1.29 is 9.26 Å². The lowest BCUT2D eigenvalue weighted by molar-refractivity contribution is 0.398. The Kier molecular flexibility index (Phi) is 3.01. The number of hydrogen-bond donors (Lipinski definition) is 0. The summed E-state index contributed by atoms with van der Waals surface area (Å²) >= 11 is 1.41. The fourth-order valence-electron chi connectivity index (χ4n) is 1.95. The molecule has 108 valence electrons. The Morgan fingerprint density at radius 1 is 1.14 bits per heavy atom. The molecule has 4 aromatic rings. The molecule has 7 nitrogen and oxygen atoms in total. The van der Waals surface area contributed by atoms with Crippen LogP contribution in [0.1, 0.15) is 0 Å². The molecule has 4 rings (SSSR count). The lowest BCUT2D eigenvalue weighted by Crippen LogP contribution is -1.88. The smallest absolute Gasteiger partial charge is 0.287 e. The number of thiazole rings is 1. The van der Waals surface area contributed by atoms with E-state index in [-0.39, 0.29) is 0 Å². The van der Waals surface area contributed by atoms with Crippen molar-refractivity contribution in [1.82, 2.24) is 25.1 Å². The van der Waals surface area contributed by atoms with E-state index in [1.165, 1.54) is 11.3 Å². The van der Waals surface area contributed by atoms with E-state index < -0.39 is 0 Å². The number of ether oxygens (including phenoxy) is 1. The summed E-state index contributed by atoms with van der Waals surface area (Å²) in [4.78, 5) is 18.0. The first kappa shape index (κ1) is 12.8. The van der Waals surface area contributed by atoms with Gasteiger partial charge in [-0.25, -0.2) is 15.0 Å². The summed E-state index contributed by atoms with van der Waals surface area (Å²) in [6.07, 6.45) is 3.36. The van der Waals surface area contributed by atoms with Crippen molar-refractivity contribution in [2.75, 3.05) is 7.11 Å². The molecule has 0 saturated heterocycles. The van der Waals surface area contributed by atoms with Gasteiger partial charge in [0.15, 0.2) is 5.01 Å². The quantitative estimate of drug-likeness (QED) is 0.575. The Labute approximate surface area is 128 Å². The molecule has 0 radical (unpaired) electrons. The summed E-state index contributed by atoms with van der Waals surface area (Å²) in [5.74, 6) is 1.32. The molecule has 0 fully saturated rings. The van der Waals surface area contributed by atoms with Crippen LogP contribution in [-0.4, -0.2) is 32.2 Å². The van der Waals surface area contributed by atoms with Crippen molar-refractivity contribution in [2.24, 2.45) is 0 Å². The predicted octanol–water partition coefficient (Wildman–Crippen LogP) is 2.81. The summed E-state index contributed by atoms with van der Waals surface area (Å²) in [6.45, 7) is 0. The molecule has 0 amide bonds. The molecular formula is C14H9N5O2S. The average Bonchev–Trinajstić information content (AvgIpc) is 3.21. The Bertz CT molecular complexity index is 916. The highest BCUT2D eigenvalue weighted by Gasteiger charge is 2.15. The van der Waals surface area contributed by atoms with Crippen LogP contribution >= 0.6 is 11.3 Å². The normalized spacial score (nSPS) is 11.0. The van der Waals surface area contributed by atoms with Gasteiger partial charge in [-0.2, -0.15) is 4.98 Å². The van der Waals surface area contributed by atoms with Gasteiger partial charge in [-0.15, -0.1) is 0 Å². The van der Waals surface area contributed by atoms with Gasteiger partial charge in [-0.1, -0.05) is 16.5 Å². The van der Waals surface area contributed by atoms with E-state index in [2.05, 4.69) is 25.1 Å². The molecule has 4 aromatic heterocycles. The summed E-state index contributed by atoms with van der Waals surface area (Å²) in [6, 6.07) is 7.27. The molecule has 0 bridgehead atoms. The fraction of sp³-hybridized carbons (Fsp3) is 0.0714. The lowest BCUT2D eigenvalue weighted by atomic mass is 10.2. The van der Waals surface area contributed by atoms with Gasteiger partial charge in [0.25, 0.3) is 5.89 Å². The number of methoxy groups -OCH3 is 1. The van der Waals surface area contributed by atoms with Crippen LogP contribution in [0.3, 0.4) is 0 Å². The zero-order chi connectivity index (χ0) is 14.9. The minimum absolute atomic E-state index is 0.369. The van der Waals surface area contributed by atoms with E-state index in [4.69, 9.17) is 9.26 Å². The van der Waals surface area contributed by atoms with E-state index in [9.17, 15) is 0 Å². The second-order valence-electron chi connectivity index (χ2n) is 4.36. The second kappa shape index (κ2) is 5.15. The maximum Gasteiger partial charge on any atom is 0.287 e. The van der Waals surface area contributed by atoms with E-state index in [1.54, 1.807) is 31.6 Å². The van der Waals surface area contributed by atoms with Crippen LogP contribution in [0.25, 0.3) is 32.6 Å². The van der Waals surface area contributed by atoms with Crippen molar-refractivity contribution in [3.8, 4) is 28.2 Å². The molecule has 0 aliphatic carbocycles. The summed E-state index contributed by atoms with van der Waals surface area (Å²) < 4.78 is 10.4. The van der Waals surface area contributed by atoms with Gasteiger partial charge in [0.2, 0.25) is 11.7 Å². The molecule has 8 heteroatoms. The molecule has 0 unspecified atom stereocenters. The van der Waals surface area contributed by atoms with E-state index in [0.717, 1.165) is 15.9 Å². The molecule has 0 atom stereocenters. The molecule has 0 saturated carbocycles. The maximum atomic E-state index is 5.31. The Hall–Kier alpha value is -2.87. The van der Waals surface area contributed by atoms with Gasteiger partial charge < -0.3 is 9.26 Å². The molecule has 0 aliphatic rings. The van der Waals surface area contributed by atoms with Crippen LogP contribution in [0.4, 0.5) is 0 Å². The Morgan fingerprint density at radius 2 is 2.09 bits per heavy atom. The van der Waals surface area contributed by atoms with E-state index in [1.807, 2.05) is 12.1 Å². The number of hydrogen-bond acceptors (Lipinski definition) is 8. The van der Waals surface area contributed by atoms with Gasteiger partial charge in [-0.05, 0) is 18.2 Å². The highest BCUT2D eigenvalue weighted by molar-refractivity contribution is 7.21. The van der Waals surface area contributed by atoms with Gasteiger partial charge in [0.1, 0.15) is 10.3 Å². The van der Waals surface area contributed by atoms with Crippen molar-refractivity contribution >= 4 is 21.7 Å². The van der Waals surface area contributed by atoms with E-state index in [0.29, 0.717) is 22.6 Å². The molecular weight excluding hydrogens is 302 g/mol. The van der Waals surface area contributed by atoms with Gasteiger partial charge in [0.05, 0.1) is 7.11 Å². The molecule has 4 heterocycles. The Morgan fingerprint density at radius 3 is 2.95 bits per heavy atom. The highest BCUT2D eigenvalue weighted by Crippen LogP contribution is 2.29. The second-order valence-corrected chi connectivity index (χ2v) is 5.33. The zero-order valence-electron chi connectivity index (χ0n) is 11.4. The number of fused-ring (bicyclic) bond motifs is 1. The molecule has 0 N–H and O–H groups in total. The van der Waals surface area contributed by atoms with Crippen LogP contribution in [0.15, 0.2) is 41.2 Å². The average molecular weight is 311 g/mol. The minimum Gasteiger partial charge on any atom is -0.481 e. The van der Waals surface area contributed by atoms with Crippen LogP contribution < -0.4 is 4.74 Å². The van der Waals surface area contributed by atoms with Crippen LogP contribution in [0.2, 0.25) is 0 Å². The summed E-state index contributed by atoms with van der Waals surface area (Å²) in [5, 5.41) is 4.63. The predicted molar refractivity (Wildman–Crippen MR) is 80.5 cm³/mol. The first-order valence-electron chi connectivity index (χ1n) is 6.39. The van der Waals surface area contributed by atoms with Crippen molar-refractivity contribution in [3.63, 3.8) is 0 Å². The van der Waals surface area contributed by atoms with Gasteiger partial charge in [-0.3, -0.25) is 0 Å². The number of pyridine rings is 2. The first-order chi connectivity index (χ1) is 10.8. The molecule has 0 aromatic carbocycles. The van der Waals surface area contributed by atoms with Gasteiger partial charge in [0, 0.05) is 24.0 Å². The largest absolute Gasteiger partial charge is 0.481 e. The highest BCUT2D eigenvalue weighted by atomic mass is 32.1. The third-order valence-electron chi connectivity index (χ3n) is 2.98. The molecule has 0 spiro atoms. The van der Waals surface area contributed by atoms with E-state index >= 15 is 0 Å². The molecule has 0 aliphatic heterocycles. The number of aromatic nitrogens is 5. The van der Waals surface area contributed by atoms with Crippen LogP contribution in [0.5, 0.6) is 5.88 Å². The van der Waals surface area contributed by atoms with Crippen LogP contribution in [0, 0.1) is 0 Å². The third-order valence-corrected chi connectivity index (χ3v) is 3.94. The standard InChI is InChI=1S/C14H9N5O2S/c1-20-10-7-8(4-6-15-10)11-18-12(21-19-11)14-17-9-3-2-5-16-13(9)22-14/h2-7H,1H3. The van der Waals surface area contributed by atoms with Crippen LogP contribution in [-0.2, 0) is 0 Å². The third kappa shape index (κ3) is 2.19. The summed E-state index contributed by atoms with van der Waals surface area (Å²) in [7, 11) is 1.56. The van der Waals surface area contributed by atoms with Crippen molar-refractivity contribution in [3.05, 3.63) is 36.7 Å². The summed E-state index contributed by atoms with van der Waals surface area (Å²) in [5.41, 5.74) is 1.58.